The zero-order valence-corrected chi connectivity index (χ0v) is 12.6. The highest BCUT2D eigenvalue weighted by molar-refractivity contribution is 9.10. The lowest BCUT2D eigenvalue weighted by Gasteiger charge is -2.06. The molecule has 0 aromatic carbocycles. The van der Waals surface area contributed by atoms with Crippen LogP contribution in [0.15, 0.2) is 0 Å². The molecule has 2 atom stereocenters. The van der Waals surface area contributed by atoms with Gasteiger partial charge in [-0.1, -0.05) is 53.4 Å². The number of hydrogen-bond acceptors (Lipinski definition) is 2. The van der Waals surface area contributed by atoms with Crippen LogP contribution in [0.4, 0.5) is 0 Å². The Balaban J connectivity index is 3.10. The molecule has 0 aliphatic rings. The third kappa shape index (κ3) is 8.82. The van der Waals surface area contributed by atoms with Crippen LogP contribution in [0, 0.1) is 0 Å². The van der Waals surface area contributed by atoms with Crippen LogP contribution in [0.2, 0.25) is 0 Å². The number of halogens is 4. The highest BCUT2D eigenvalue weighted by Crippen LogP contribution is 2.27. The summed E-state index contributed by atoms with van der Waals surface area (Å²) in [7, 11) is 3.65. The van der Waals surface area contributed by atoms with Gasteiger partial charge < -0.3 is 0 Å². The summed E-state index contributed by atoms with van der Waals surface area (Å²) in [6.07, 6.45) is 0. The van der Waals surface area contributed by atoms with E-state index < -0.39 is 0 Å². The lowest BCUT2D eigenvalue weighted by molar-refractivity contribution is 1.16. The van der Waals surface area contributed by atoms with Crippen LogP contribution in [0.25, 0.3) is 0 Å². The third-order valence-corrected chi connectivity index (χ3v) is 7.12. The molecule has 2 unspecified atom stereocenters. The summed E-state index contributed by atoms with van der Waals surface area (Å²) < 4.78 is 0. The molecule has 0 nitrogen and oxygen atoms in total. The number of hydrogen-bond donors (Lipinski definition) is 0. The fraction of sp³-hybridized carbons (Fsp3) is 1.00. The van der Waals surface area contributed by atoms with Crippen LogP contribution in [-0.2, 0) is 0 Å². The van der Waals surface area contributed by atoms with Crippen molar-refractivity contribution in [3.8, 4) is 0 Å². The SMILES string of the molecule is ClCC(Br)CSSCC(Br)CCl. The van der Waals surface area contributed by atoms with Gasteiger partial charge >= 0.3 is 0 Å². The van der Waals surface area contributed by atoms with Crippen molar-refractivity contribution in [3.05, 3.63) is 0 Å². The lowest BCUT2D eigenvalue weighted by Crippen LogP contribution is -2.04. The predicted octanol–water partition coefficient (Wildman–Crippen LogP) is 4.37. The molecule has 0 aliphatic carbocycles. The Bertz CT molecular complexity index is 95.5. The second kappa shape index (κ2) is 9.78. The van der Waals surface area contributed by atoms with E-state index in [2.05, 4.69) is 31.9 Å². The van der Waals surface area contributed by atoms with Crippen molar-refractivity contribution in [2.75, 3.05) is 23.3 Å². The third-order valence-electron chi connectivity index (χ3n) is 0.916. The Hall–Kier alpha value is 2.24. The Morgan fingerprint density at radius 1 is 0.917 bits per heavy atom. The molecule has 0 heterocycles. The van der Waals surface area contributed by atoms with E-state index in [4.69, 9.17) is 23.2 Å². The molecule has 6 heteroatoms. The molecule has 74 valence electrons. The molecule has 0 amide bonds. The number of rotatable bonds is 7. The lowest BCUT2D eigenvalue weighted by atomic mass is 10.6. The first-order valence-corrected chi connectivity index (χ1v) is 8.74. The fourth-order valence-electron chi connectivity index (χ4n) is 0.333. The average Bonchev–Trinajstić information content (AvgIpc) is 2.11. The van der Waals surface area contributed by atoms with Gasteiger partial charge in [-0.15, -0.1) is 23.2 Å². The van der Waals surface area contributed by atoms with Crippen LogP contribution >= 0.6 is 76.6 Å². The van der Waals surface area contributed by atoms with Gasteiger partial charge in [0.25, 0.3) is 0 Å². The van der Waals surface area contributed by atoms with Crippen molar-refractivity contribution in [2.24, 2.45) is 0 Å². The predicted molar refractivity (Wildman–Crippen MR) is 71.8 cm³/mol. The van der Waals surface area contributed by atoms with Gasteiger partial charge in [-0.3, -0.25) is 0 Å². The van der Waals surface area contributed by atoms with Gasteiger partial charge in [-0.2, -0.15) is 0 Å². The molecule has 0 saturated heterocycles. The molecular weight excluding hydrogens is 367 g/mol. The maximum absolute atomic E-state index is 5.62. The standard InChI is InChI=1S/C6H10Br2Cl2S2/c7-5(1-9)3-11-12-4-6(8)2-10/h5-6H,1-4H2. The summed E-state index contributed by atoms with van der Waals surface area (Å²) in [5.74, 6) is 3.41. The first kappa shape index (κ1) is 14.2. The minimum Gasteiger partial charge on any atom is -0.125 e. The highest BCUT2D eigenvalue weighted by Gasteiger charge is 2.05. The molecule has 0 aromatic heterocycles. The average molecular weight is 377 g/mol. The Kier molecular flexibility index (Phi) is 11.6. The quantitative estimate of drug-likeness (QED) is 0.367. The summed E-state index contributed by atoms with van der Waals surface area (Å²) in [5.41, 5.74) is 0. The van der Waals surface area contributed by atoms with Crippen LogP contribution in [0.5, 0.6) is 0 Å². The molecule has 0 spiro atoms. The molecule has 0 aliphatic heterocycles. The van der Waals surface area contributed by atoms with Crippen molar-refractivity contribution in [2.45, 2.75) is 9.65 Å². The fourth-order valence-corrected chi connectivity index (χ4v) is 4.94. The van der Waals surface area contributed by atoms with Crippen molar-refractivity contribution in [1.82, 2.24) is 0 Å². The molecule has 0 aromatic rings. The van der Waals surface area contributed by atoms with E-state index in [0.29, 0.717) is 21.4 Å². The van der Waals surface area contributed by atoms with Gasteiger partial charge in [0.05, 0.1) is 0 Å². The summed E-state index contributed by atoms with van der Waals surface area (Å²) in [5, 5.41) is 0. The second-order valence-electron chi connectivity index (χ2n) is 2.07. The topological polar surface area (TPSA) is 0 Å². The van der Waals surface area contributed by atoms with E-state index in [1.807, 2.05) is 21.6 Å². The van der Waals surface area contributed by atoms with E-state index in [9.17, 15) is 0 Å². The van der Waals surface area contributed by atoms with Crippen LogP contribution < -0.4 is 0 Å². The van der Waals surface area contributed by atoms with Gasteiger partial charge in [0.15, 0.2) is 0 Å². The maximum atomic E-state index is 5.62. The smallest absolute Gasteiger partial charge is 0.0380 e. The summed E-state index contributed by atoms with van der Waals surface area (Å²) >= 11 is 18.2. The Morgan fingerprint density at radius 2 is 1.25 bits per heavy atom. The monoisotopic (exact) mass is 374 g/mol. The van der Waals surface area contributed by atoms with Gasteiger partial charge in [-0.25, -0.2) is 0 Å². The zero-order valence-electron chi connectivity index (χ0n) is 6.31. The summed E-state index contributed by atoms with van der Waals surface area (Å²) in [6, 6.07) is 0. The molecule has 0 rings (SSSR count). The van der Waals surface area contributed by atoms with Crippen LogP contribution in [-0.4, -0.2) is 32.9 Å². The molecule has 12 heavy (non-hydrogen) atoms. The van der Waals surface area contributed by atoms with Crippen molar-refractivity contribution < 1.29 is 0 Å². The molecule has 0 N–H and O–H groups in total. The van der Waals surface area contributed by atoms with Gasteiger partial charge in [0.2, 0.25) is 0 Å². The highest BCUT2D eigenvalue weighted by atomic mass is 79.9. The van der Waals surface area contributed by atoms with E-state index >= 15 is 0 Å². The second-order valence-corrected chi connectivity index (χ2v) is 7.83. The molecule has 0 radical (unpaired) electrons. The largest absolute Gasteiger partial charge is 0.125 e. The van der Waals surface area contributed by atoms with Crippen molar-refractivity contribution in [1.29, 1.82) is 0 Å². The van der Waals surface area contributed by atoms with Crippen LogP contribution in [0.1, 0.15) is 0 Å². The maximum Gasteiger partial charge on any atom is 0.0380 e. The van der Waals surface area contributed by atoms with E-state index in [1.165, 1.54) is 0 Å². The van der Waals surface area contributed by atoms with E-state index in [0.717, 1.165) is 11.5 Å². The van der Waals surface area contributed by atoms with Crippen LogP contribution in [0.3, 0.4) is 0 Å². The summed E-state index contributed by atoms with van der Waals surface area (Å²) in [4.78, 5) is 0.836. The first-order valence-electron chi connectivity index (χ1n) is 3.35. The minimum atomic E-state index is 0.418. The van der Waals surface area contributed by atoms with Crippen molar-refractivity contribution in [3.63, 3.8) is 0 Å². The number of alkyl halides is 4. The molecule has 0 fully saturated rings. The van der Waals surface area contributed by atoms with Gasteiger partial charge in [0.1, 0.15) is 0 Å². The molecule has 0 saturated carbocycles. The molecular formula is C6H10Br2Cl2S2. The Morgan fingerprint density at radius 3 is 1.50 bits per heavy atom. The van der Waals surface area contributed by atoms with E-state index in [-0.39, 0.29) is 0 Å². The molecule has 0 bridgehead atoms. The van der Waals surface area contributed by atoms with Gasteiger partial charge in [-0.05, 0) is 0 Å². The summed E-state index contributed by atoms with van der Waals surface area (Å²) in [6.45, 7) is 0. The van der Waals surface area contributed by atoms with Crippen molar-refractivity contribution >= 4 is 76.6 Å². The van der Waals surface area contributed by atoms with Gasteiger partial charge in [0, 0.05) is 32.9 Å². The minimum absolute atomic E-state index is 0.418. The zero-order chi connectivity index (χ0) is 9.40. The first-order chi connectivity index (χ1) is 5.70. The van der Waals surface area contributed by atoms with E-state index in [1.54, 1.807) is 0 Å². The Labute approximate surface area is 109 Å². The normalized spacial score (nSPS) is 16.0.